The average Bonchev–Trinajstić information content (AvgIpc) is 3.15. The van der Waals surface area contributed by atoms with Crippen molar-refractivity contribution in [3.05, 3.63) is 23.8 Å². The van der Waals surface area contributed by atoms with E-state index in [0.29, 0.717) is 18.7 Å². The van der Waals surface area contributed by atoms with Crippen molar-refractivity contribution >= 4 is 11.9 Å². The van der Waals surface area contributed by atoms with Gasteiger partial charge in [0.15, 0.2) is 11.5 Å². The first-order valence-corrected chi connectivity index (χ1v) is 7.29. The minimum absolute atomic E-state index is 0.179. The fourth-order valence-corrected chi connectivity index (χ4v) is 2.62. The average molecular weight is 305 g/mol. The Balaban J connectivity index is 1.61. The van der Waals surface area contributed by atoms with Crippen molar-refractivity contribution in [2.75, 3.05) is 13.3 Å². The Kier molecular flexibility index (Phi) is 3.47. The second kappa shape index (κ2) is 5.19. The summed E-state index contributed by atoms with van der Waals surface area (Å²) < 4.78 is 10.7. The molecule has 2 unspecified atom stereocenters. The molecule has 6 nitrogen and oxygen atoms in total. The first-order valence-electron chi connectivity index (χ1n) is 7.29. The number of ether oxygens (including phenoxy) is 2. The minimum Gasteiger partial charge on any atom is -0.481 e. The second-order valence-corrected chi connectivity index (χ2v) is 6.46. The molecule has 3 rings (SSSR count). The molecule has 1 amide bonds. The van der Waals surface area contributed by atoms with Crippen LogP contribution in [0.5, 0.6) is 11.5 Å². The van der Waals surface area contributed by atoms with Gasteiger partial charge in [0.05, 0.1) is 11.8 Å². The van der Waals surface area contributed by atoms with Crippen molar-refractivity contribution in [1.82, 2.24) is 5.32 Å². The highest BCUT2D eigenvalue weighted by molar-refractivity contribution is 5.89. The Morgan fingerprint density at radius 2 is 2.00 bits per heavy atom. The van der Waals surface area contributed by atoms with Gasteiger partial charge in [-0.15, -0.1) is 0 Å². The van der Waals surface area contributed by atoms with E-state index in [-0.39, 0.29) is 24.0 Å². The maximum Gasteiger partial charge on any atom is 0.307 e. The highest BCUT2D eigenvalue weighted by Gasteiger charge is 2.48. The number of benzene rings is 1. The van der Waals surface area contributed by atoms with Crippen LogP contribution in [0.2, 0.25) is 0 Å². The number of carbonyl (C=O) groups is 2. The van der Waals surface area contributed by atoms with Gasteiger partial charge in [0.1, 0.15) is 0 Å². The Morgan fingerprint density at radius 1 is 1.27 bits per heavy atom. The number of hydrogen-bond donors (Lipinski definition) is 2. The van der Waals surface area contributed by atoms with E-state index in [1.54, 1.807) is 0 Å². The van der Waals surface area contributed by atoms with E-state index < -0.39 is 11.9 Å². The number of rotatable bonds is 5. The Hall–Kier alpha value is -2.24. The minimum atomic E-state index is -0.893. The fraction of sp³-hybridized carbons (Fsp3) is 0.500. The van der Waals surface area contributed by atoms with Crippen molar-refractivity contribution in [3.63, 3.8) is 0 Å². The van der Waals surface area contributed by atoms with Crippen molar-refractivity contribution in [1.29, 1.82) is 0 Å². The third kappa shape index (κ3) is 2.73. The molecule has 0 radical (unpaired) electrons. The molecule has 118 valence electrons. The maximum atomic E-state index is 12.0. The molecule has 1 aliphatic carbocycles. The fourth-order valence-electron chi connectivity index (χ4n) is 2.62. The molecule has 2 N–H and O–H groups in total. The summed E-state index contributed by atoms with van der Waals surface area (Å²) in [6, 6.07) is 5.74. The molecule has 1 aliphatic heterocycles. The molecule has 0 bridgehead atoms. The second-order valence-electron chi connectivity index (χ2n) is 6.46. The van der Waals surface area contributed by atoms with Crippen molar-refractivity contribution in [3.8, 4) is 11.5 Å². The number of carboxylic acids is 1. The quantitative estimate of drug-likeness (QED) is 0.862. The standard InChI is InChI=1S/C16H19NO5/c1-16(2,7-17-14(18)10-6-11(10)15(19)20)9-3-4-12-13(5-9)22-8-21-12/h3-5,10-11H,6-8H2,1-2H3,(H,17,18)(H,19,20). The van der Waals surface area contributed by atoms with Crippen LogP contribution in [0.25, 0.3) is 0 Å². The topological polar surface area (TPSA) is 84.9 Å². The normalized spacial score (nSPS) is 22.3. The zero-order valence-electron chi connectivity index (χ0n) is 12.6. The maximum absolute atomic E-state index is 12.0. The molecule has 6 heteroatoms. The summed E-state index contributed by atoms with van der Waals surface area (Å²) in [5, 5.41) is 11.7. The third-order valence-corrected chi connectivity index (χ3v) is 4.30. The van der Waals surface area contributed by atoms with E-state index in [1.807, 2.05) is 32.0 Å². The molecule has 1 aromatic rings. The number of hydrogen-bond acceptors (Lipinski definition) is 4. The van der Waals surface area contributed by atoms with E-state index in [1.165, 1.54) is 0 Å². The predicted molar refractivity (Wildman–Crippen MR) is 77.8 cm³/mol. The SMILES string of the molecule is CC(C)(CNC(=O)C1CC1C(=O)O)c1ccc2c(c1)OCO2. The van der Waals surface area contributed by atoms with Gasteiger partial charge >= 0.3 is 5.97 Å². The van der Waals surface area contributed by atoms with Gasteiger partial charge in [-0.05, 0) is 24.1 Å². The van der Waals surface area contributed by atoms with E-state index in [4.69, 9.17) is 14.6 Å². The van der Waals surface area contributed by atoms with E-state index in [0.717, 1.165) is 11.3 Å². The van der Waals surface area contributed by atoms with Gasteiger partial charge in [0, 0.05) is 12.0 Å². The van der Waals surface area contributed by atoms with Gasteiger partial charge in [-0.3, -0.25) is 9.59 Å². The van der Waals surface area contributed by atoms with Crippen LogP contribution in [-0.4, -0.2) is 30.3 Å². The Morgan fingerprint density at radius 3 is 2.68 bits per heavy atom. The summed E-state index contributed by atoms with van der Waals surface area (Å²) in [6.45, 7) is 4.71. The number of fused-ring (bicyclic) bond motifs is 1. The molecule has 1 saturated carbocycles. The lowest BCUT2D eigenvalue weighted by Gasteiger charge is -2.26. The van der Waals surface area contributed by atoms with Crippen molar-refractivity contribution in [2.45, 2.75) is 25.7 Å². The van der Waals surface area contributed by atoms with E-state index in [2.05, 4.69) is 5.32 Å². The largest absolute Gasteiger partial charge is 0.481 e. The van der Waals surface area contributed by atoms with Crippen LogP contribution < -0.4 is 14.8 Å². The molecule has 2 atom stereocenters. The molecule has 0 spiro atoms. The van der Waals surface area contributed by atoms with E-state index in [9.17, 15) is 9.59 Å². The first kappa shape index (κ1) is 14.7. The number of nitrogens with one attached hydrogen (secondary N) is 1. The van der Waals surface area contributed by atoms with Crippen LogP contribution in [0, 0.1) is 11.8 Å². The highest BCUT2D eigenvalue weighted by Crippen LogP contribution is 2.39. The summed E-state index contributed by atoms with van der Waals surface area (Å²) in [5.74, 6) is -0.536. The summed E-state index contributed by atoms with van der Waals surface area (Å²) >= 11 is 0. The highest BCUT2D eigenvalue weighted by atomic mass is 16.7. The summed E-state index contributed by atoms with van der Waals surface area (Å²) in [4.78, 5) is 22.8. The van der Waals surface area contributed by atoms with Crippen LogP contribution in [-0.2, 0) is 15.0 Å². The van der Waals surface area contributed by atoms with Gasteiger partial charge in [0.25, 0.3) is 0 Å². The number of amides is 1. The molecule has 1 fully saturated rings. The molecule has 1 aromatic carbocycles. The summed E-state index contributed by atoms with van der Waals surface area (Å²) in [6.07, 6.45) is 0.436. The number of aliphatic carboxylic acids is 1. The smallest absolute Gasteiger partial charge is 0.307 e. The summed E-state index contributed by atoms with van der Waals surface area (Å²) in [5.41, 5.74) is 0.743. The van der Waals surface area contributed by atoms with Gasteiger partial charge in [-0.25, -0.2) is 0 Å². The molecule has 22 heavy (non-hydrogen) atoms. The van der Waals surface area contributed by atoms with Crippen molar-refractivity contribution in [2.24, 2.45) is 11.8 Å². The van der Waals surface area contributed by atoms with Crippen LogP contribution in [0.1, 0.15) is 25.8 Å². The third-order valence-electron chi connectivity index (χ3n) is 4.30. The van der Waals surface area contributed by atoms with Crippen molar-refractivity contribution < 1.29 is 24.2 Å². The lowest BCUT2D eigenvalue weighted by molar-refractivity contribution is -0.140. The van der Waals surface area contributed by atoms with E-state index >= 15 is 0 Å². The number of carboxylic acid groups (broad SMARTS) is 1. The van der Waals surface area contributed by atoms with Gasteiger partial charge in [-0.2, -0.15) is 0 Å². The molecular formula is C16H19NO5. The lowest BCUT2D eigenvalue weighted by Crippen LogP contribution is -2.37. The molecule has 0 saturated heterocycles. The Bertz CT molecular complexity index is 625. The molecule has 1 heterocycles. The monoisotopic (exact) mass is 305 g/mol. The van der Waals surface area contributed by atoms with Crippen LogP contribution in [0.4, 0.5) is 0 Å². The lowest BCUT2D eigenvalue weighted by atomic mass is 9.84. The van der Waals surface area contributed by atoms with Gasteiger partial charge in [-0.1, -0.05) is 19.9 Å². The summed E-state index contributed by atoms with van der Waals surface area (Å²) in [7, 11) is 0. The Labute approximate surface area is 128 Å². The predicted octanol–water partition coefficient (Wildman–Crippen LogP) is 1.53. The first-order chi connectivity index (χ1) is 10.4. The zero-order valence-corrected chi connectivity index (χ0v) is 12.6. The zero-order chi connectivity index (χ0) is 15.9. The van der Waals surface area contributed by atoms with Gasteiger partial charge < -0.3 is 19.9 Å². The van der Waals surface area contributed by atoms with Crippen LogP contribution in [0.3, 0.4) is 0 Å². The van der Waals surface area contributed by atoms with Crippen LogP contribution in [0.15, 0.2) is 18.2 Å². The van der Waals surface area contributed by atoms with Crippen LogP contribution >= 0.6 is 0 Å². The molecule has 0 aromatic heterocycles. The molecule has 2 aliphatic rings. The molecular weight excluding hydrogens is 286 g/mol. The van der Waals surface area contributed by atoms with Gasteiger partial charge in [0.2, 0.25) is 12.7 Å². The number of carbonyl (C=O) groups excluding carboxylic acids is 1.